The molecule has 1 saturated heterocycles. The van der Waals surface area contributed by atoms with Gasteiger partial charge in [-0.2, -0.15) is 0 Å². The van der Waals surface area contributed by atoms with Crippen molar-refractivity contribution in [3.05, 3.63) is 35.1 Å². The van der Waals surface area contributed by atoms with Crippen LogP contribution in [-0.4, -0.2) is 62.9 Å². The SMILES string of the molecule is C[C@H](c1nnc(SCC(=O)N2C[C@@]3(C)C[C@H]2CC(C)(C)C3)n1-c1ccc(Cl)cc1)N(C)C. The van der Waals surface area contributed by atoms with Crippen LogP contribution in [0, 0.1) is 10.8 Å². The van der Waals surface area contributed by atoms with E-state index >= 15 is 0 Å². The van der Waals surface area contributed by atoms with Crippen molar-refractivity contribution in [1.82, 2.24) is 24.6 Å². The zero-order chi connectivity index (χ0) is 23.3. The molecule has 174 valence electrons. The Morgan fingerprint density at radius 3 is 2.56 bits per heavy atom. The third kappa shape index (κ3) is 4.70. The van der Waals surface area contributed by atoms with E-state index in [1.165, 1.54) is 18.2 Å². The maximum absolute atomic E-state index is 13.3. The molecule has 1 aliphatic heterocycles. The predicted molar refractivity (Wildman–Crippen MR) is 130 cm³/mol. The van der Waals surface area contributed by atoms with Gasteiger partial charge < -0.3 is 4.90 Å². The van der Waals surface area contributed by atoms with Crippen LogP contribution in [0.4, 0.5) is 0 Å². The molecule has 1 aromatic carbocycles. The van der Waals surface area contributed by atoms with E-state index in [9.17, 15) is 4.79 Å². The van der Waals surface area contributed by atoms with Gasteiger partial charge >= 0.3 is 0 Å². The summed E-state index contributed by atoms with van der Waals surface area (Å²) < 4.78 is 2.05. The molecular weight excluding hydrogens is 442 g/mol. The fourth-order valence-electron chi connectivity index (χ4n) is 5.67. The van der Waals surface area contributed by atoms with E-state index < -0.39 is 0 Å². The number of fused-ring (bicyclic) bond motifs is 2. The Kier molecular flexibility index (Phi) is 6.38. The number of benzene rings is 1. The largest absolute Gasteiger partial charge is 0.338 e. The number of nitrogens with zero attached hydrogens (tertiary/aromatic N) is 5. The normalized spacial score (nSPS) is 25.4. The molecule has 1 aromatic heterocycles. The van der Waals surface area contributed by atoms with Gasteiger partial charge in [0.15, 0.2) is 11.0 Å². The molecule has 2 fully saturated rings. The summed E-state index contributed by atoms with van der Waals surface area (Å²) in [6.07, 6.45) is 3.40. The molecule has 0 unspecified atom stereocenters. The standard InChI is InChI=1S/C24H34ClN5OS/c1-16(28(5)6)21-26-27-22(30(21)18-9-7-17(25)8-10-18)32-13-20(31)29-15-24(4)12-19(29)11-23(2,3)14-24/h7-10,16,19H,11-15H2,1-6H3/t16-,19-,24+/m1/s1. The number of carbonyl (C=O) groups excluding carboxylic acids is 1. The molecular formula is C24H34ClN5OS. The van der Waals surface area contributed by atoms with Crippen LogP contribution in [0.2, 0.25) is 5.02 Å². The maximum Gasteiger partial charge on any atom is 0.233 e. The molecule has 2 bridgehead atoms. The van der Waals surface area contributed by atoms with Crippen LogP contribution in [0.25, 0.3) is 5.69 Å². The highest BCUT2D eigenvalue weighted by Gasteiger charge is 2.50. The smallest absolute Gasteiger partial charge is 0.233 e. The van der Waals surface area contributed by atoms with Crippen molar-refractivity contribution in [2.45, 2.75) is 64.2 Å². The topological polar surface area (TPSA) is 54.3 Å². The number of hydrogen-bond acceptors (Lipinski definition) is 5. The van der Waals surface area contributed by atoms with E-state index in [4.69, 9.17) is 11.6 Å². The van der Waals surface area contributed by atoms with Gasteiger partial charge in [-0.3, -0.25) is 14.3 Å². The molecule has 0 radical (unpaired) electrons. The van der Waals surface area contributed by atoms with Crippen molar-refractivity contribution < 1.29 is 4.79 Å². The average molecular weight is 476 g/mol. The summed E-state index contributed by atoms with van der Waals surface area (Å²) in [5, 5.41) is 10.4. The van der Waals surface area contributed by atoms with Crippen molar-refractivity contribution in [2.24, 2.45) is 10.8 Å². The van der Waals surface area contributed by atoms with Crippen LogP contribution in [0.3, 0.4) is 0 Å². The van der Waals surface area contributed by atoms with Crippen molar-refractivity contribution in [3.63, 3.8) is 0 Å². The summed E-state index contributed by atoms with van der Waals surface area (Å²) in [6, 6.07) is 8.10. The minimum Gasteiger partial charge on any atom is -0.338 e. The first-order chi connectivity index (χ1) is 15.0. The lowest BCUT2D eigenvalue weighted by molar-refractivity contribution is -0.129. The van der Waals surface area contributed by atoms with Crippen molar-refractivity contribution >= 4 is 29.3 Å². The minimum absolute atomic E-state index is 0.0724. The fraction of sp³-hybridized carbons (Fsp3) is 0.625. The van der Waals surface area contributed by atoms with Crippen molar-refractivity contribution in [2.75, 3.05) is 26.4 Å². The van der Waals surface area contributed by atoms with Crippen LogP contribution in [0.1, 0.15) is 58.8 Å². The molecule has 0 spiro atoms. The van der Waals surface area contributed by atoms with E-state index in [2.05, 4.69) is 47.7 Å². The van der Waals surface area contributed by atoms with Crippen LogP contribution < -0.4 is 0 Å². The van der Waals surface area contributed by atoms with Gasteiger partial charge in [0.25, 0.3) is 0 Å². The average Bonchev–Trinajstić information content (AvgIpc) is 3.23. The molecule has 4 rings (SSSR count). The van der Waals surface area contributed by atoms with Crippen LogP contribution in [0.5, 0.6) is 0 Å². The third-order valence-corrected chi connectivity index (χ3v) is 8.12. The fourth-order valence-corrected chi connectivity index (χ4v) is 6.64. The first-order valence-corrected chi connectivity index (χ1v) is 12.6. The van der Waals surface area contributed by atoms with E-state index in [1.807, 2.05) is 42.9 Å². The van der Waals surface area contributed by atoms with E-state index in [0.717, 1.165) is 36.1 Å². The lowest BCUT2D eigenvalue weighted by atomic mass is 9.65. The van der Waals surface area contributed by atoms with Gasteiger partial charge in [0, 0.05) is 23.3 Å². The Morgan fingerprint density at radius 1 is 1.22 bits per heavy atom. The number of rotatable bonds is 6. The Balaban J connectivity index is 1.55. The maximum atomic E-state index is 13.3. The molecule has 6 nitrogen and oxygen atoms in total. The van der Waals surface area contributed by atoms with Gasteiger partial charge in [-0.25, -0.2) is 0 Å². The minimum atomic E-state index is 0.0724. The molecule has 8 heteroatoms. The Bertz CT molecular complexity index is 989. The zero-order valence-corrected chi connectivity index (χ0v) is 21.5. The molecule has 1 saturated carbocycles. The molecule has 2 aromatic rings. The third-order valence-electron chi connectivity index (χ3n) is 6.95. The van der Waals surface area contributed by atoms with Crippen molar-refractivity contribution in [1.29, 1.82) is 0 Å². The second-order valence-corrected chi connectivity index (χ2v) is 12.2. The van der Waals surface area contributed by atoms with E-state index in [1.54, 1.807) is 0 Å². The monoisotopic (exact) mass is 475 g/mol. The van der Waals surface area contributed by atoms with Crippen molar-refractivity contribution in [3.8, 4) is 5.69 Å². The van der Waals surface area contributed by atoms with Gasteiger partial charge in [0.1, 0.15) is 0 Å². The molecule has 1 aliphatic carbocycles. The first kappa shape index (κ1) is 23.6. The summed E-state index contributed by atoms with van der Waals surface area (Å²) in [5.74, 6) is 1.42. The molecule has 2 aliphatic rings. The number of hydrogen-bond donors (Lipinski definition) is 0. The van der Waals surface area contributed by atoms with E-state index in [0.29, 0.717) is 22.2 Å². The lowest BCUT2D eigenvalue weighted by Gasteiger charge is -2.39. The van der Waals surface area contributed by atoms with Gasteiger partial charge in [0.2, 0.25) is 5.91 Å². The Labute approximate surface area is 200 Å². The van der Waals surface area contributed by atoms with Gasteiger partial charge in [-0.05, 0) is 75.4 Å². The second-order valence-electron chi connectivity index (χ2n) is 10.8. The summed E-state index contributed by atoms with van der Waals surface area (Å²) >= 11 is 7.58. The molecule has 1 amide bonds. The highest BCUT2D eigenvalue weighted by atomic mass is 35.5. The number of halogens is 1. The Hall–Kier alpha value is -1.57. The van der Waals surface area contributed by atoms with Crippen LogP contribution in [0.15, 0.2) is 29.4 Å². The number of amides is 1. The Morgan fingerprint density at radius 2 is 1.91 bits per heavy atom. The number of carbonyl (C=O) groups is 1. The zero-order valence-electron chi connectivity index (χ0n) is 19.9. The van der Waals surface area contributed by atoms with Crippen LogP contribution >= 0.6 is 23.4 Å². The molecule has 2 heterocycles. The first-order valence-electron chi connectivity index (χ1n) is 11.3. The number of thioether (sulfide) groups is 1. The predicted octanol–water partition coefficient (Wildman–Crippen LogP) is 5.06. The summed E-state index contributed by atoms with van der Waals surface area (Å²) in [6.45, 7) is 9.98. The highest BCUT2D eigenvalue weighted by molar-refractivity contribution is 7.99. The molecule has 32 heavy (non-hydrogen) atoms. The summed E-state index contributed by atoms with van der Waals surface area (Å²) in [5.41, 5.74) is 1.49. The lowest BCUT2D eigenvalue weighted by Crippen LogP contribution is -2.38. The van der Waals surface area contributed by atoms with Gasteiger partial charge in [0.05, 0.1) is 11.8 Å². The second kappa shape index (κ2) is 8.65. The number of aromatic nitrogens is 3. The number of likely N-dealkylation sites (tertiary alicyclic amines) is 1. The molecule has 0 N–H and O–H groups in total. The van der Waals surface area contributed by atoms with E-state index in [-0.39, 0.29) is 17.4 Å². The summed E-state index contributed by atoms with van der Waals surface area (Å²) in [4.78, 5) is 17.5. The quantitative estimate of drug-likeness (QED) is 0.546. The van der Waals surface area contributed by atoms with Gasteiger partial charge in [-0.1, -0.05) is 44.1 Å². The molecule has 3 atom stereocenters. The summed E-state index contributed by atoms with van der Waals surface area (Å²) in [7, 11) is 4.05. The van der Waals surface area contributed by atoms with Crippen LogP contribution in [-0.2, 0) is 4.79 Å². The highest BCUT2D eigenvalue weighted by Crippen LogP contribution is 2.52. The van der Waals surface area contributed by atoms with Gasteiger partial charge in [-0.15, -0.1) is 10.2 Å².